The van der Waals surface area contributed by atoms with E-state index >= 15 is 0 Å². The van der Waals surface area contributed by atoms with Crippen LogP contribution in [0, 0.1) is 5.92 Å². The molecule has 1 saturated carbocycles. The maximum atomic E-state index is 12.5. The van der Waals surface area contributed by atoms with E-state index in [2.05, 4.69) is 26.1 Å². The summed E-state index contributed by atoms with van der Waals surface area (Å²) < 4.78 is 1.80. The highest BCUT2D eigenvalue weighted by atomic mass is 35.5. The number of nitrogens with one attached hydrogen (secondary N) is 1. The van der Waals surface area contributed by atoms with Crippen LogP contribution in [0.5, 0.6) is 0 Å². The van der Waals surface area contributed by atoms with Crippen LogP contribution in [0.25, 0.3) is 5.69 Å². The minimum Gasteiger partial charge on any atom is -0.311 e. The lowest BCUT2D eigenvalue weighted by molar-refractivity contribution is -0.116. The van der Waals surface area contributed by atoms with E-state index in [9.17, 15) is 4.79 Å². The Bertz CT molecular complexity index is 753. The first-order chi connectivity index (χ1) is 12.3. The van der Waals surface area contributed by atoms with E-state index < -0.39 is 0 Å². The molecule has 26 heavy (non-hydrogen) atoms. The van der Waals surface area contributed by atoms with Crippen LogP contribution in [0.15, 0.2) is 30.3 Å². The van der Waals surface area contributed by atoms with Gasteiger partial charge in [0.15, 0.2) is 0 Å². The zero-order valence-corrected chi connectivity index (χ0v) is 16.6. The molecule has 1 amide bonds. The van der Waals surface area contributed by atoms with E-state index in [0.29, 0.717) is 23.2 Å². The monoisotopic (exact) mass is 373 g/mol. The summed E-state index contributed by atoms with van der Waals surface area (Å²) in [5.74, 6) is 1.49. The SMILES string of the molecule is CC(C)(C)c1cc(NC(=O)CCC2CCCC2)n(-c2ccc(Cl)cc2)n1. The Morgan fingerprint density at radius 3 is 2.50 bits per heavy atom. The Labute approximate surface area is 160 Å². The van der Waals surface area contributed by atoms with E-state index in [-0.39, 0.29) is 11.3 Å². The van der Waals surface area contributed by atoms with Crippen molar-refractivity contribution in [2.45, 2.75) is 64.7 Å². The lowest BCUT2D eigenvalue weighted by Gasteiger charge is -2.14. The van der Waals surface area contributed by atoms with E-state index in [0.717, 1.165) is 17.8 Å². The molecule has 1 heterocycles. The van der Waals surface area contributed by atoms with Crippen molar-refractivity contribution in [2.75, 3.05) is 5.32 Å². The van der Waals surface area contributed by atoms with Gasteiger partial charge in [-0.2, -0.15) is 5.10 Å². The van der Waals surface area contributed by atoms with E-state index in [1.165, 1.54) is 25.7 Å². The van der Waals surface area contributed by atoms with Crippen LogP contribution in [0.3, 0.4) is 0 Å². The summed E-state index contributed by atoms with van der Waals surface area (Å²) in [4.78, 5) is 12.5. The van der Waals surface area contributed by atoms with Gasteiger partial charge in [0.2, 0.25) is 5.91 Å². The van der Waals surface area contributed by atoms with Crippen LogP contribution < -0.4 is 5.32 Å². The topological polar surface area (TPSA) is 46.9 Å². The largest absolute Gasteiger partial charge is 0.311 e. The maximum absolute atomic E-state index is 12.5. The molecule has 0 aliphatic heterocycles. The molecule has 1 fully saturated rings. The number of benzene rings is 1. The average Bonchev–Trinajstić information content (AvgIpc) is 3.23. The highest BCUT2D eigenvalue weighted by Crippen LogP contribution is 2.29. The van der Waals surface area contributed by atoms with Crippen molar-refractivity contribution in [3.05, 3.63) is 41.0 Å². The number of amides is 1. The van der Waals surface area contributed by atoms with Crippen molar-refractivity contribution in [1.29, 1.82) is 0 Å². The Kier molecular flexibility index (Phi) is 5.71. The molecule has 1 aromatic carbocycles. The third kappa shape index (κ3) is 4.67. The van der Waals surface area contributed by atoms with Gasteiger partial charge in [-0.1, -0.05) is 58.1 Å². The molecular formula is C21H28ClN3O. The second-order valence-corrected chi connectivity index (χ2v) is 8.73. The fraction of sp³-hybridized carbons (Fsp3) is 0.524. The molecule has 4 nitrogen and oxygen atoms in total. The Balaban J connectivity index is 1.78. The molecule has 2 aromatic rings. The Morgan fingerprint density at radius 2 is 1.88 bits per heavy atom. The van der Waals surface area contributed by atoms with Crippen molar-refractivity contribution in [1.82, 2.24) is 9.78 Å². The average molecular weight is 374 g/mol. The number of nitrogens with zero attached hydrogens (tertiary/aromatic N) is 2. The van der Waals surface area contributed by atoms with E-state index in [4.69, 9.17) is 16.7 Å². The van der Waals surface area contributed by atoms with Gasteiger partial charge in [0.25, 0.3) is 0 Å². The molecule has 1 N–H and O–H groups in total. The summed E-state index contributed by atoms with van der Waals surface area (Å²) in [5.41, 5.74) is 1.73. The smallest absolute Gasteiger partial charge is 0.225 e. The van der Waals surface area contributed by atoms with Gasteiger partial charge in [0, 0.05) is 22.9 Å². The predicted octanol–water partition coefficient (Wildman–Crippen LogP) is 5.73. The first-order valence-corrected chi connectivity index (χ1v) is 9.87. The van der Waals surface area contributed by atoms with Gasteiger partial charge in [0.05, 0.1) is 11.4 Å². The molecule has 0 bridgehead atoms. The molecule has 1 aromatic heterocycles. The number of aromatic nitrogens is 2. The Morgan fingerprint density at radius 1 is 1.23 bits per heavy atom. The number of halogens is 1. The lowest BCUT2D eigenvalue weighted by Crippen LogP contribution is -2.15. The minimum absolute atomic E-state index is 0.0625. The molecule has 0 saturated heterocycles. The molecular weight excluding hydrogens is 346 g/mol. The van der Waals surface area contributed by atoms with Gasteiger partial charge < -0.3 is 5.32 Å². The van der Waals surface area contributed by atoms with E-state index in [1.54, 1.807) is 4.68 Å². The summed E-state index contributed by atoms with van der Waals surface area (Å²) in [7, 11) is 0. The minimum atomic E-state index is -0.0962. The third-order valence-corrected chi connectivity index (χ3v) is 5.32. The van der Waals surface area contributed by atoms with Gasteiger partial charge in [-0.05, 0) is 36.6 Å². The lowest BCUT2D eigenvalue weighted by atomic mass is 9.92. The molecule has 0 radical (unpaired) electrons. The quantitative estimate of drug-likeness (QED) is 0.727. The van der Waals surface area contributed by atoms with Crippen molar-refractivity contribution in [3.63, 3.8) is 0 Å². The van der Waals surface area contributed by atoms with Crippen molar-refractivity contribution in [2.24, 2.45) is 5.92 Å². The highest BCUT2D eigenvalue weighted by Gasteiger charge is 2.22. The normalized spacial score (nSPS) is 15.4. The Hall–Kier alpha value is -1.81. The van der Waals surface area contributed by atoms with Gasteiger partial charge >= 0.3 is 0 Å². The van der Waals surface area contributed by atoms with Crippen LogP contribution in [0.1, 0.15) is 65.0 Å². The van der Waals surface area contributed by atoms with Crippen LogP contribution in [0.2, 0.25) is 5.02 Å². The van der Waals surface area contributed by atoms with Gasteiger partial charge in [-0.25, -0.2) is 4.68 Å². The van der Waals surface area contributed by atoms with Crippen molar-refractivity contribution < 1.29 is 4.79 Å². The molecule has 140 valence electrons. The molecule has 0 atom stereocenters. The number of carbonyl (C=O) groups excluding carboxylic acids is 1. The van der Waals surface area contributed by atoms with Crippen LogP contribution in [-0.2, 0) is 10.2 Å². The second kappa shape index (κ2) is 7.83. The first kappa shape index (κ1) is 19.0. The molecule has 5 heteroatoms. The molecule has 0 unspecified atom stereocenters. The molecule has 0 spiro atoms. The third-order valence-electron chi connectivity index (χ3n) is 5.07. The summed E-state index contributed by atoms with van der Waals surface area (Å²) in [5, 5.41) is 8.48. The highest BCUT2D eigenvalue weighted by molar-refractivity contribution is 6.30. The fourth-order valence-corrected chi connectivity index (χ4v) is 3.58. The first-order valence-electron chi connectivity index (χ1n) is 9.49. The predicted molar refractivity (Wildman–Crippen MR) is 107 cm³/mol. The molecule has 1 aliphatic carbocycles. The molecule has 1 aliphatic rings. The summed E-state index contributed by atoms with van der Waals surface area (Å²) in [6, 6.07) is 9.47. The number of anilines is 1. The van der Waals surface area contributed by atoms with Gasteiger partial charge in [-0.15, -0.1) is 0 Å². The van der Waals surface area contributed by atoms with Crippen molar-refractivity contribution >= 4 is 23.3 Å². The maximum Gasteiger partial charge on any atom is 0.225 e. The number of carbonyl (C=O) groups is 1. The van der Waals surface area contributed by atoms with Gasteiger partial charge in [-0.3, -0.25) is 4.79 Å². The fourth-order valence-electron chi connectivity index (χ4n) is 3.46. The van der Waals surface area contributed by atoms with Crippen LogP contribution >= 0.6 is 11.6 Å². The molecule has 3 rings (SSSR count). The van der Waals surface area contributed by atoms with Crippen molar-refractivity contribution in [3.8, 4) is 5.69 Å². The van der Waals surface area contributed by atoms with Gasteiger partial charge in [0.1, 0.15) is 5.82 Å². The summed E-state index contributed by atoms with van der Waals surface area (Å²) in [6.07, 6.45) is 6.71. The summed E-state index contributed by atoms with van der Waals surface area (Å²) >= 11 is 6.01. The summed E-state index contributed by atoms with van der Waals surface area (Å²) in [6.45, 7) is 6.35. The zero-order valence-electron chi connectivity index (χ0n) is 15.9. The second-order valence-electron chi connectivity index (χ2n) is 8.29. The standard InChI is InChI=1S/C21H28ClN3O/c1-21(2,3)18-14-19(23-20(26)13-8-15-6-4-5-7-15)25(24-18)17-11-9-16(22)10-12-17/h9-12,14-15H,4-8,13H2,1-3H3,(H,23,26). The number of hydrogen-bond acceptors (Lipinski definition) is 2. The van der Waals surface area contributed by atoms with Crippen LogP contribution in [-0.4, -0.2) is 15.7 Å². The van der Waals surface area contributed by atoms with E-state index in [1.807, 2.05) is 30.3 Å². The zero-order chi connectivity index (χ0) is 18.7. The van der Waals surface area contributed by atoms with Crippen LogP contribution in [0.4, 0.5) is 5.82 Å². The number of rotatable bonds is 5. The number of hydrogen-bond donors (Lipinski definition) is 1.